The van der Waals surface area contributed by atoms with Crippen LogP contribution in [0.5, 0.6) is 5.75 Å². The van der Waals surface area contributed by atoms with Crippen molar-refractivity contribution in [2.75, 3.05) is 13.2 Å². The summed E-state index contributed by atoms with van der Waals surface area (Å²) in [5, 5.41) is 14.2. The first kappa shape index (κ1) is 15.3. The first-order valence-corrected chi connectivity index (χ1v) is 7.81. The van der Waals surface area contributed by atoms with Gasteiger partial charge in [0.25, 0.3) is 0 Å². The number of aliphatic hydroxyl groups is 1. The quantitative estimate of drug-likeness (QED) is 0.839. The molecule has 0 radical (unpaired) electrons. The van der Waals surface area contributed by atoms with Crippen molar-refractivity contribution in [3.63, 3.8) is 0 Å². The summed E-state index contributed by atoms with van der Waals surface area (Å²) in [6, 6.07) is 8.29. The fourth-order valence-corrected chi connectivity index (χ4v) is 2.83. The van der Waals surface area contributed by atoms with E-state index < -0.39 is 5.60 Å². The molecule has 1 aromatic carbocycles. The van der Waals surface area contributed by atoms with Crippen molar-refractivity contribution in [2.45, 2.75) is 57.6 Å². The maximum Gasteiger partial charge on any atom is 0.119 e. The molecule has 1 fully saturated rings. The lowest BCUT2D eigenvalue weighted by Crippen LogP contribution is -2.39. The molecule has 0 aliphatic carbocycles. The molecular weight excluding hydrogens is 250 g/mol. The van der Waals surface area contributed by atoms with Gasteiger partial charge in [-0.3, -0.25) is 0 Å². The second kappa shape index (κ2) is 7.09. The van der Waals surface area contributed by atoms with Crippen LogP contribution in [0.1, 0.15) is 51.5 Å². The molecule has 1 aromatic rings. The minimum atomic E-state index is -0.779. The summed E-state index contributed by atoms with van der Waals surface area (Å²) < 4.78 is 5.58. The van der Waals surface area contributed by atoms with Crippen LogP contribution >= 0.6 is 0 Å². The number of benzene rings is 1. The highest BCUT2D eigenvalue weighted by Crippen LogP contribution is 2.29. The molecule has 2 atom stereocenters. The molecule has 2 unspecified atom stereocenters. The van der Waals surface area contributed by atoms with Crippen molar-refractivity contribution in [1.82, 2.24) is 5.32 Å². The molecule has 3 nitrogen and oxygen atoms in total. The van der Waals surface area contributed by atoms with Gasteiger partial charge in [-0.1, -0.05) is 25.5 Å². The standard InChI is InChI=1S/C17H27NO2/c1-3-12-20-16-9-7-14(8-10-16)17(2,19)13-15-6-4-5-11-18-15/h7-10,15,18-19H,3-6,11-13H2,1-2H3. The van der Waals surface area contributed by atoms with Crippen LogP contribution in [0.4, 0.5) is 0 Å². The molecule has 2 N–H and O–H groups in total. The van der Waals surface area contributed by atoms with Crippen molar-refractivity contribution >= 4 is 0 Å². The van der Waals surface area contributed by atoms with Crippen LogP contribution in [-0.2, 0) is 5.60 Å². The molecule has 1 heterocycles. The van der Waals surface area contributed by atoms with Crippen LogP contribution in [0.25, 0.3) is 0 Å². The van der Waals surface area contributed by atoms with Crippen molar-refractivity contribution in [2.24, 2.45) is 0 Å². The van der Waals surface area contributed by atoms with Gasteiger partial charge in [0.1, 0.15) is 5.75 Å². The van der Waals surface area contributed by atoms with E-state index in [-0.39, 0.29) is 0 Å². The number of hydrogen-bond acceptors (Lipinski definition) is 3. The van der Waals surface area contributed by atoms with Crippen LogP contribution in [0.15, 0.2) is 24.3 Å². The van der Waals surface area contributed by atoms with Gasteiger partial charge in [0.05, 0.1) is 12.2 Å². The van der Waals surface area contributed by atoms with Gasteiger partial charge in [0.15, 0.2) is 0 Å². The predicted molar refractivity (Wildman–Crippen MR) is 82.1 cm³/mol. The number of rotatable bonds is 6. The number of hydrogen-bond donors (Lipinski definition) is 2. The van der Waals surface area contributed by atoms with E-state index in [1.165, 1.54) is 12.8 Å². The molecule has 0 spiro atoms. The second-order valence-corrected chi connectivity index (χ2v) is 6.00. The lowest BCUT2D eigenvalue weighted by atomic mass is 9.86. The summed E-state index contributed by atoms with van der Waals surface area (Å²) in [7, 11) is 0. The van der Waals surface area contributed by atoms with Crippen LogP contribution in [-0.4, -0.2) is 24.3 Å². The Bertz CT molecular complexity index is 394. The average molecular weight is 277 g/mol. The zero-order valence-corrected chi connectivity index (χ0v) is 12.7. The van der Waals surface area contributed by atoms with E-state index in [2.05, 4.69) is 12.2 Å². The van der Waals surface area contributed by atoms with Gasteiger partial charge >= 0.3 is 0 Å². The zero-order valence-electron chi connectivity index (χ0n) is 12.7. The third kappa shape index (κ3) is 4.22. The van der Waals surface area contributed by atoms with E-state index in [9.17, 15) is 5.11 Å². The van der Waals surface area contributed by atoms with Gasteiger partial charge in [-0.05, 0) is 56.8 Å². The first-order chi connectivity index (χ1) is 9.62. The van der Waals surface area contributed by atoms with E-state index in [0.717, 1.165) is 43.7 Å². The third-order valence-electron chi connectivity index (χ3n) is 4.01. The number of piperidine rings is 1. The molecule has 1 aliphatic rings. The Balaban J connectivity index is 1.96. The second-order valence-electron chi connectivity index (χ2n) is 6.00. The molecule has 0 bridgehead atoms. The fraction of sp³-hybridized carbons (Fsp3) is 0.647. The summed E-state index contributed by atoms with van der Waals surface area (Å²) in [6.07, 6.45) is 5.45. The summed E-state index contributed by atoms with van der Waals surface area (Å²) in [6.45, 7) is 5.81. The Morgan fingerprint density at radius 2 is 2.05 bits per heavy atom. The molecule has 1 aliphatic heterocycles. The van der Waals surface area contributed by atoms with Gasteiger partial charge in [-0.2, -0.15) is 0 Å². The van der Waals surface area contributed by atoms with Crippen LogP contribution < -0.4 is 10.1 Å². The number of ether oxygens (including phenoxy) is 1. The first-order valence-electron chi connectivity index (χ1n) is 7.81. The van der Waals surface area contributed by atoms with Crippen LogP contribution in [0, 0.1) is 0 Å². The summed E-state index contributed by atoms with van der Waals surface area (Å²) in [5.74, 6) is 0.877. The van der Waals surface area contributed by atoms with Crippen LogP contribution in [0.3, 0.4) is 0 Å². The topological polar surface area (TPSA) is 41.5 Å². The normalized spacial score (nSPS) is 22.2. The SMILES string of the molecule is CCCOc1ccc(C(C)(O)CC2CCCCN2)cc1. The Morgan fingerprint density at radius 1 is 1.30 bits per heavy atom. The highest BCUT2D eigenvalue weighted by atomic mass is 16.5. The third-order valence-corrected chi connectivity index (χ3v) is 4.01. The molecule has 0 amide bonds. The number of nitrogens with one attached hydrogen (secondary N) is 1. The monoisotopic (exact) mass is 277 g/mol. The summed E-state index contributed by atoms with van der Waals surface area (Å²) in [4.78, 5) is 0. The zero-order chi connectivity index (χ0) is 14.4. The highest BCUT2D eigenvalue weighted by molar-refractivity contribution is 5.30. The van der Waals surface area contributed by atoms with Gasteiger partial charge < -0.3 is 15.2 Å². The van der Waals surface area contributed by atoms with E-state index >= 15 is 0 Å². The van der Waals surface area contributed by atoms with Gasteiger partial charge in [-0.15, -0.1) is 0 Å². The highest BCUT2D eigenvalue weighted by Gasteiger charge is 2.28. The molecule has 20 heavy (non-hydrogen) atoms. The molecule has 0 aromatic heterocycles. The lowest BCUT2D eigenvalue weighted by Gasteiger charge is -2.32. The molecule has 112 valence electrons. The lowest BCUT2D eigenvalue weighted by molar-refractivity contribution is 0.0332. The van der Waals surface area contributed by atoms with Crippen molar-refractivity contribution in [3.8, 4) is 5.75 Å². The largest absolute Gasteiger partial charge is 0.494 e. The molecule has 0 saturated carbocycles. The van der Waals surface area contributed by atoms with E-state index in [1.807, 2.05) is 31.2 Å². The van der Waals surface area contributed by atoms with Crippen molar-refractivity contribution < 1.29 is 9.84 Å². The minimum Gasteiger partial charge on any atom is -0.494 e. The van der Waals surface area contributed by atoms with Crippen molar-refractivity contribution in [3.05, 3.63) is 29.8 Å². The Kier molecular flexibility index (Phi) is 5.44. The van der Waals surface area contributed by atoms with Crippen LogP contribution in [0.2, 0.25) is 0 Å². The Labute approximate surface area is 122 Å². The maximum absolute atomic E-state index is 10.7. The Morgan fingerprint density at radius 3 is 2.65 bits per heavy atom. The van der Waals surface area contributed by atoms with Gasteiger partial charge in [0, 0.05) is 6.04 Å². The maximum atomic E-state index is 10.7. The molecule has 1 saturated heterocycles. The average Bonchev–Trinajstić information content (AvgIpc) is 2.46. The predicted octanol–water partition coefficient (Wildman–Crippen LogP) is 3.22. The smallest absolute Gasteiger partial charge is 0.119 e. The van der Waals surface area contributed by atoms with E-state index in [0.29, 0.717) is 6.04 Å². The van der Waals surface area contributed by atoms with Gasteiger partial charge in [-0.25, -0.2) is 0 Å². The summed E-state index contributed by atoms with van der Waals surface area (Å²) in [5.41, 5.74) is 0.187. The summed E-state index contributed by atoms with van der Waals surface area (Å²) >= 11 is 0. The van der Waals surface area contributed by atoms with E-state index in [1.54, 1.807) is 0 Å². The molecule has 2 rings (SSSR count). The fourth-order valence-electron chi connectivity index (χ4n) is 2.83. The minimum absolute atomic E-state index is 0.426. The van der Waals surface area contributed by atoms with Gasteiger partial charge in [0.2, 0.25) is 0 Å². The molecule has 3 heteroatoms. The van der Waals surface area contributed by atoms with Crippen molar-refractivity contribution in [1.29, 1.82) is 0 Å². The van der Waals surface area contributed by atoms with E-state index in [4.69, 9.17) is 4.74 Å². The molecular formula is C17H27NO2. The Hall–Kier alpha value is -1.06.